The van der Waals surface area contributed by atoms with E-state index in [9.17, 15) is 9.59 Å². The molecule has 0 fully saturated rings. The molecule has 1 aromatic heterocycles. The maximum absolute atomic E-state index is 12.6. The molecule has 1 atom stereocenters. The van der Waals surface area contributed by atoms with Crippen molar-refractivity contribution in [1.29, 1.82) is 0 Å². The van der Waals surface area contributed by atoms with Crippen molar-refractivity contribution in [2.75, 3.05) is 5.32 Å². The minimum atomic E-state index is -0.748. The molecule has 3 N–H and O–H groups in total. The molecule has 7 heteroatoms. The molecule has 1 heterocycles. The first-order valence-corrected chi connectivity index (χ1v) is 8.10. The second kappa shape index (κ2) is 7.83. The Kier molecular flexibility index (Phi) is 5.80. The Morgan fingerprint density at radius 3 is 2.44 bits per heavy atom. The fraction of sp³-hybridized carbons (Fsp3) is 0.389. The number of hydrogen-bond donors (Lipinski definition) is 3. The fourth-order valence-corrected chi connectivity index (χ4v) is 2.23. The Balaban J connectivity index is 2.10. The Morgan fingerprint density at radius 2 is 1.88 bits per heavy atom. The standard InChI is InChI=1S/C18H24N4O3/c1-12-10-15(22-25-12)20-16(23)14(11-13-8-6-5-7-9-13)19-17(24)21-18(2,3)4/h5-10,14H,11H2,1-4H3,(H2,19,21,24)(H,20,22,23). The zero-order chi connectivity index (χ0) is 18.4. The lowest BCUT2D eigenvalue weighted by molar-refractivity contribution is -0.118. The first kappa shape index (κ1) is 18.5. The second-order valence-electron chi connectivity index (χ2n) is 6.90. The highest BCUT2D eigenvalue weighted by molar-refractivity contribution is 5.96. The molecule has 0 bridgehead atoms. The van der Waals surface area contributed by atoms with Crippen molar-refractivity contribution in [3.63, 3.8) is 0 Å². The zero-order valence-electron chi connectivity index (χ0n) is 14.9. The SMILES string of the molecule is Cc1cc(NC(=O)C(Cc2ccccc2)NC(=O)NC(C)(C)C)no1. The Hall–Kier alpha value is -2.83. The number of aromatic nitrogens is 1. The third-order valence-electron chi connectivity index (χ3n) is 3.27. The van der Waals surface area contributed by atoms with E-state index in [1.165, 1.54) is 0 Å². The first-order valence-electron chi connectivity index (χ1n) is 8.10. The number of carbonyl (C=O) groups excluding carboxylic acids is 2. The van der Waals surface area contributed by atoms with Crippen LogP contribution in [0.5, 0.6) is 0 Å². The molecule has 7 nitrogen and oxygen atoms in total. The number of amides is 3. The molecule has 25 heavy (non-hydrogen) atoms. The van der Waals surface area contributed by atoms with Crippen molar-refractivity contribution >= 4 is 17.8 Å². The van der Waals surface area contributed by atoms with Gasteiger partial charge in [-0.2, -0.15) is 0 Å². The van der Waals surface area contributed by atoms with Crippen LogP contribution in [0.3, 0.4) is 0 Å². The molecule has 2 rings (SSSR count). The largest absolute Gasteiger partial charge is 0.360 e. The van der Waals surface area contributed by atoms with Crippen LogP contribution in [0.25, 0.3) is 0 Å². The van der Waals surface area contributed by atoms with E-state index in [2.05, 4.69) is 21.1 Å². The van der Waals surface area contributed by atoms with Gasteiger partial charge in [-0.1, -0.05) is 35.5 Å². The molecule has 1 aromatic carbocycles. The van der Waals surface area contributed by atoms with Crippen molar-refractivity contribution in [1.82, 2.24) is 15.8 Å². The molecule has 0 aliphatic rings. The van der Waals surface area contributed by atoms with Crippen molar-refractivity contribution in [3.8, 4) is 0 Å². The van der Waals surface area contributed by atoms with Crippen LogP contribution in [0.2, 0.25) is 0 Å². The molecule has 0 saturated heterocycles. The number of carbonyl (C=O) groups is 2. The van der Waals surface area contributed by atoms with Gasteiger partial charge in [0.1, 0.15) is 11.8 Å². The highest BCUT2D eigenvalue weighted by Crippen LogP contribution is 2.10. The monoisotopic (exact) mass is 344 g/mol. The lowest BCUT2D eigenvalue weighted by Gasteiger charge is -2.24. The van der Waals surface area contributed by atoms with E-state index in [0.717, 1.165) is 5.56 Å². The first-order chi connectivity index (χ1) is 11.7. The predicted octanol–water partition coefficient (Wildman–Crippen LogP) is 2.63. The number of aryl methyl sites for hydroxylation is 1. The quantitative estimate of drug-likeness (QED) is 0.777. The van der Waals surface area contributed by atoms with Gasteiger partial charge >= 0.3 is 6.03 Å². The van der Waals surface area contributed by atoms with Gasteiger partial charge in [-0.3, -0.25) is 4.79 Å². The van der Waals surface area contributed by atoms with Crippen LogP contribution >= 0.6 is 0 Å². The van der Waals surface area contributed by atoms with Gasteiger partial charge < -0.3 is 20.5 Å². The van der Waals surface area contributed by atoms with Crippen LogP contribution in [0.4, 0.5) is 10.6 Å². The van der Waals surface area contributed by atoms with Crippen molar-refractivity contribution < 1.29 is 14.1 Å². The zero-order valence-corrected chi connectivity index (χ0v) is 14.9. The van der Waals surface area contributed by atoms with E-state index in [1.54, 1.807) is 13.0 Å². The summed E-state index contributed by atoms with van der Waals surface area (Å²) in [5.74, 6) is 0.549. The highest BCUT2D eigenvalue weighted by atomic mass is 16.5. The van der Waals surface area contributed by atoms with Gasteiger partial charge in [0.25, 0.3) is 0 Å². The van der Waals surface area contributed by atoms with Gasteiger partial charge in [0.15, 0.2) is 5.82 Å². The van der Waals surface area contributed by atoms with E-state index in [4.69, 9.17) is 4.52 Å². The molecular formula is C18H24N4O3. The number of anilines is 1. The third-order valence-corrected chi connectivity index (χ3v) is 3.27. The molecule has 0 radical (unpaired) electrons. The van der Waals surface area contributed by atoms with E-state index in [-0.39, 0.29) is 5.91 Å². The maximum atomic E-state index is 12.6. The summed E-state index contributed by atoms with van der Waals surface area (Å²) in [5, 5.41) is 11.9. The average Bonchev–Trinajstić information content (AvgIpc) is 2.91. The molecule has 1 unspecified atom stereocenters. The Labute approximate surface area is 147 Å². The van der Waals surface area contributed by atoms with Crippen molar-refractivity contribution in [3.05, 3.63) is 47.7 Å². The normalized spacial score (nSPS) is 12.3. The lowest BCUT2D eigenvalue weighted by Crippen LogP contribution is -2.53. The minimum absolute atomic E-state index is 0.318. The summed E-state index contributed by atoms with van der Waals surface area (Å²) in [5.41, 5.74) is 0.538. The van der Waals surface area contributed by atoms with Crippen LogP contribution in [0.1, 0.15) is 32.1 Å². The van der Waals surface area contributed by atoms with E-state index in [1.807, 2.05) is 51.1 Å². The van der Waals surface area contributed by atoms with Crippen LogP contribution in [0, 0.1) is 6.92 Å². The molecule has 0 saturated carbocycles. The average molecular weight is 344 g/mol. The van der Waals surface area contributed by atoms with Gasteiger partial charge in [0.2, 0.25) is 5.91 Å². The smallest absolute Gasteiger partial charge is 0.315 e. The van der Waals surface area contributed by atoms with Crippen molar-refractivity contribution in [2.45, 2.75) is 45.7 Å². The van der Waals surface area contributed by atoms with Gasteiger partial charge in [-0.15, -0.1) is 0 Å². The van der Waals surface area contributed by atoms with Gasteiger partial charge in [0.05, 0.1) is 0 Å². The summed E-state index contributed by atoms with van der Waals surface area (Å²) in [7, 11) is 0. The number of urea groups is 1. The predicted molar refractivity (Wildman–Crippen MR) is 95.2 cm³/mol. The molecule has 0 aliphatic carbocycles. The van der Waals surface area contributed by atoms with Gasteiger partial charge in [-0.25, -0.2) is 4.79 Å². The molecule has 134 valence electrons. The molecule has 2 aromatic rings. The van der Waals surface area contributed by atoms with Crippen LogP contribution in [-0.4, -0.2) is 28.7 Å². The van der Waals surface area contributed by atoms with Gasteiger partial charge in [0, 0.05) is 18.0 Å². The fourth-order valence-electron chi connectivity index (χ4n) is 2.23. The minimum Gasteiger partial charge on any atom is -0.360 e. The number of rotatable bonds is 5. The van der Waals surface area contributed by atoms with Crippen LogP contribution in [0.15, 0.2) is 40.9 Å². The number of benzene rings is 1. The van der Waals surface area contributed by atoms with Crippen LogP contribution in [-0.2, 0) is 11.2 Å². The topological polar surface area (TPSA) is 96.3 Å². The van der Waals surface area contributed by atoms with E-state index < -0.39 is 17.6 Å². The summed E-state index contributed by atoms with van der Waals surface area (Å²) < 4.78 is 4.95. The molecular weight excluding hydrogens is 320 g/mol. The molecule has 0 spiro atoms. The second-order valence-corrected chi connectivity index (χ2v) is 6.90. The summed E-state index contributed by atoms with van der Waals surface area (Å²) in [6, 6.07) is 9.96. The number of nitrogens with zero attached hydrogens (tertiary/aromatic N) is 1. The number of hydrogen-bond acceptors (Lipinski definition) is 4. The Bertz CT molecular complexity index is 719. The van der Waals surface area contributed by atoms with E-state index in [0.29, 0.717) is 18.0 Å². The molecule has 3 amide bonds. The van der Waals surface area contributed by atoms with E-state index >= 15 is 0 Å². The summed E-state index contributed by atoms with van der Waals surface area (Å²) in [6.07, 6.45) is 0.362. The van der Waals surface area contributed by atoms with Crippen LogP contribution < -0.4 is 16.0 Å². The highest BCUT2D eigenvalue weighted by Gasteiger charge is 2.24. The van der Waals surface area contributed by atoms with Gasteiger partial charge in [-0.05, 0) is 33.3 Å². The Morgan fingerprint density at radius 1 is 1.20 bits per heavy atom. The number of nitrogens with one attached hydrogen (secondary N) is 3. The third kappa shape index (κ3) is 6.29. The maximum Gasteiger partial charge on any atom is 0.315 e. The summed E-state index contributed by atoms with van der Waals surface area (Å²) in [4.78, 5) is 24.8. The lowest BCUT2D eigenvalue weighted by atomic mass is 10.1. The van der Waals surface area contributed by atoms with Crippen molar-refractivity contribution in [2.24, 2.45) is 0 Å². The molecule has 0 aliphatic heterocycles. The summed E-state index contributed by atoms with van der Waals surface area (Å²) in [6.45, 7) is 7.35. The summed E-state index contributed by atoms with van der Waals surface area (Å²) >= 11 is 0.